The number of carbonyl (C=O) groups excluding carboxylic acids is 1. The van der Waals surface area contributed by atoms with Gasteiger partial charge in [0.1, 0.15) is 6.04 Å². The molecule has 0 bridgehead atoms. The number of benzene rings is 2. The summed E-state index contributed by atoms with van der Waals surface area (Å²) in [6, 6.07) is 14.4. The molecule has 28 heavy (non-hydrogen) atoms. The van der Waals surface area contributed by atoms with Crippen LogP contribution < -0.4 is 21.1 Å². The molecule has 2 saturated heterocycles. The van der Waals surface area contributed by atoms with Gasteiger partial charge in [0.25, 0.3) is 0 Å². The van der Waals surface area contributed by atoms with Crippen LogP contribution in [0.4, 0.5) is 11.4 Å². The highest BCUT2D eigenvalue weighted by molar-refractivity contribution is 7.18. The van der Waals surface area contributed by atoms with E-state index in [-0.39, 0.29) is 11.9 Å². The predicted molar refractivity (Wildman–Crippen MR) is 114 cm³/mol. The molecule has 3 aromatic rings. The molecule has 1 aromatic heterocycles. The summed E-state index contributed by atoms with van der Waals surface area (Å²) >= 11 is 1.68. The molecule has 0 aliphatic carbocycles. The molecule has 1 amide bonds. The number of nitrogens with one attached hydrogen (secondary N) is 3. The molecule has 5 rings (SSSR count). The fourth-order valence-corrected chi connectivity index (χ4v) is 4.89. The second kappa shape index (κ2) is 7.16. The number of anilines is 2. The van der Waals surface area contributed by atoms with Gasteiger partial charge in [-0.1, -0.05) is 12.1 Å². The Kier molecular flexibility index (Phi) is 4.50. The minimum atomic E-state index is -0.186. The molecule has 3 heterocycles. The number of hydrogen-bond acceptors (Lipinski definition) is 6. The highest BCUT2D eigenvalue weighted by Gasteiger charge is 2.32. The maximum absolute atomic E-state index is 13.0. The average Bonchev–Trinajstić information content (AvgIpc) is 3.42. The van der Waals surface area contributed by atoms with Gasteiger partial charge in [-0.2, -0.15) is 0 Å². The summed E-state index contributed by atoms with van der Waals surface area (Å²) in [5, 5.41) is 4.48. The van der Waals surface area contributed by atoms with E-state index >= 15 is 0 Å². The van der Waals surface area contributed by atoms with Gasteiger partial charge in [-0.05, 0) is 49.2 Å². The van der Waals surface area contributed by atoms with Gasteiger partial charge in [0.15, 0.2) is 0 Å². The van der Waals surface area contributed by atoms with Crippen LogP contribution in [0.25, 0.3) is 10.2 Å². The Morgan fingerprint density at radius 2 is 1.93 bits per heavy atom. The summed E-state index contributed by atoms with van der Waals surface area (Å²) in [6.07, 6.45) is 0.802. The normalized spacial score (nSPS) is 20.4. The number of fused-ring (bicyclic) bond motifs is 1. The fourth-order valence-electron chi connectivity index (χ4n) is 4.03. The zero-order valence-electron chi connectivity index (χ0n) is 15.7. The Morgan fingerprint density at radius 3 is 2.71 bits per heavy atom. The van der Waals surface area contributed by atoms with Crippen molar-refractivity contribution in [3.63, 3.8) is 0 Å². The summed E-state index contributed by atoms with van der Waals surface area (Å²) in [5.74, 6) is 0.626. The highest BCUT2D eigenvalue weighted by Crippen LogP contribution is 2.28. The van der Waals surface area contributed by atoms with Gasteiger partial charge in [0, 0.05) is 36.9 Å². The monoisotopic (exact) mass is 393 g/mol. The number of nitrogens with zero attached hydrogens (tertiary/aromatic N) is 2. The number of amides is 1. The lowest BCUT2D eigenvalue weighted by atomic mass is 10.00. The standard InChI is InChI=1S/C21H23N5OS/c1-13-24-18-7-4-16(10-20(18)28-13)25-19-8-9-26(21(19)27)17-5-2-14(3-6-17)15-11-22-23-12-15/h2-7,10,15,19,22-23,25H,8-9,11-12H2,1H3. The zero-order valence-corrected chi connectivity index (χ0v) is 16.6. The van der Waals surface area contributed by atoms with Crippen molar-refractivity contribution in [1.82, 2.24) is 15.8 Å². The Labute approximate surface area is 167 Å². The van der Waals surface area contributed by atoms with E-state index in [2.05, 4.69) is 51.5 Å². The summed E-state index contributed by atoms with van der Waals surface area (Å²) in [7, 11) is 0. The number of hydrazine groups is 1. The number of aromatic nitrogens is 1. The summed E-state index contributed by atoms with van der Waals surface area (Å²) in [5.41, 5.74) is 10.6. The Morgan fingerprint density at radius 1 is 1.14 bits per heavy atom. The molecule has 2 aliphatic heterocycles. The lowest BCUT2D eigenvalue weighted by Crippen LogP contribution is -2.33. The second-order valence-electron chi connectivity index (χ2n) is 7.44. The maximum Gasteiger partial charge on any atom is 0.249 e. The molecule has 6 nitrogen and oxygen atoms in total. The van der Waals surface area contributed by atoms with Gasteiger partial charge >= 0.3 is 0 Å². The van der Waals surface area contributed by atoms with Gasteiger partial charge < -0.3 is 10.2 Å². The number of aryl methyl sites for hydroxylation is 1. The smallest absolute Gasteiger partial charge is 0.249 e. The van der Waals surface area contributed by atoms with Crippen LogP contribution in [0.1, 0.15) is 22.9 Å². The van der Waals surface area contributed by atoms with Crippen LogP contribution in [0.15, 0.2) is 42.5 Å². The SMILES string of the molecule is Cc1nc2ccc(NC3CCN(c4ccc(C5CNNC5)cc4)C3=O)cc2s1. The van der Waals surface area contributed by atoms with Crippen LogP contribution in [0.2, 0.25) is 0 Å². The lowest BCUT2D eigenvalue weighted by molar-refractivity contribution is -0.117. The van der Waals surface area contributed by atoms with Crippen molar-refractivity contribution < 1.29 is 4.79 Å². The maximum atomic E-state index is 13.0. The third kappa shape index (κ3) is 3.26. The fraction of sp³-hybridized carbons (Fsp3) is 0.333. The minimum Gasteiger partial charge on any atom is -0.374 e. The van der Waals surface area contributed by atoms with E-state index in [0.29, 0.717) is 5.92 Å². The largest absolute Gasteiger partial charge is 0.374 e. The van der Waals surface area contributed by atoms with Crippen LogP contribution in [-0.2, 0) is 4.79 Å². The Hall–Kier alpha value is -2.48. The van der Waals surface area contributed by atoms with Crippen molar-refractivity contribution in [1.29, 1.82) is 0 Å². The quantitative estimate of drug-likeness (QED) is 0.636. The number of rotatable bonds is 4. The first-order valence-electron chi connectivity index (χ1n) is 9.68. The van der Waals surface area contributed by atoms with Crippen LogP contribution in [0.3, 0.4) is 0 Å². The van der Waals surface area contributed by atoms with Crippen LogP contribution in [-0.4, -0.2) is 36.6 Å². The van der Waals surface area contributed by atoms with E-state index in [4.69, 9.17) is 0 Å². The molecule has 0 radical (unpaired) electrons. The number of hydrogen-bond donors (Lipinski definition) is 3. The summed E-state index contributed by atoms with van der Waals surface area (Å²) < 4.78 is 1.15. The lowest BCUT2D eigenvalue weighted by Gasteiger charge is -2.19. The molecule has 7 heteroatoms. The van der Waals surface area contributed by atoms with Crippen molar-refractivity contribution in [2.75, 3.05) is 29.9 Å². The molecule has 2 aliphatic rings. The van der Waals surface area contributed by atoms with E-state index in [1.54, 1.807) is 11.3 Å². The van der Waals surface area contributed by atoms with Crippen LogP contribution in [0, 0.1) is 6.92 Å². The first-order chi connectivity index (χ1) is 13.7. The van der Waals surface area contributed by atoms with Gasteiger partial charge in [0.2, 0.25) is 5.91 Å². The first-order valence-corrected chi connectivity index (χ1v) is 10.5. The van der Waals surface area contributed by atoms with E-state index in [1.807, 2.05) is 24.0 Å². The molecule has 2 aromatic carbocycles. The van der Waals surface area contributed by atoms with Crippen LogP contribution in [0.5, 0.6) is 0 Å². The third-order valence-electron chi connectivity index (χ3n) is 5.54. The molecule has 144 valence electrons. The van der Waals surface area contributed by atoms with Crippen molar-refractivity contribution in [2.24, 2.45) is 0 Å². The highest BCUT2D eigenvalue weighted by atomic mass is 32.1. The molecule has 0 saturated carbocycles. The Bertz CT molecular complexity index is 1010. The van der Waals surface area contributed by atoms with E-state index < -0.39 is 0 Å². The van der Waals surface area contributed by atoms with Crippen molar-refractivity contribution in [2.45, 2.75) is 25.3 Å². The van der Waals surface area contributed by atoms with Gasteiger partial charge in [-0.3, -0.25) is 15.6 Å². The molecule has 3 N–H and O–H groups in total. The molecular formula is C21H23N5OS. The molecule has 2 fully saturated rings. The van der Waals surface area contributed by atoms with Gasteiger partial charge in [-0.25, -0.2) is 4.98 Å². The first kappa shape index (κ1) is 17.6. The molecule has 0 spiro atoms. The summed E-state index contributed by atoms with van der Waals surface area (Å²) in [6.45, 7) is 4.64. The van der Waals surface area contributed by atoms with Gasteiger partial charge in [0.05, 0.1) is 15.2 Å². The molecular weight excluding hydrogens is 370 g/mol. The zero-order chi connectivity index (χ0) is 19.1. The summed E-state index contributed by atoms with van der Waals surface area (Å²) in [4.78, 5) is 19.3. The van der Waals surface area contributed by atoms with Crippen molar-refractivity contribution in [3.8, 4) is 0 Å². The third-order valence-corrected chi connectivity index (χ3v) is 6.47. The van der Waals surface area contributed by atoms with Crippen molar-refractivity contribution in [3.05, 3.63) is 53.0 Å². The van der Waals surface area contributed by atoms with Gasteiger partial charge in [-0.15, -0.1) is 11.3 Å². The molecule has 1 atom stereocenters. The number of thiazole rings is 1. The predicted octanol–water partition coefficient (Wildman–Crippen LogP) is 3.01. The van der Waals surface area contributed by atoms with E-state index in [0.717, 1.165) is 52.7 Å². The van der Waals surface area contributed by atoms with Crippen LogP contribution >= 0.6 is 11.3 Å². The van der Waals surface area contributed by atoms with Crippen molar-refractivity contribution >= 4 is 38.8 Å². The second-order valence-corrected chi connectivity index (χ2v) is 8.68. The van der Waals surface area contributed by atoms with E-state index in [9.17, 15) is 4.79 Å². The topological polar surface area (TPSA) is 69.3 Å². The minimum absolute atomic E-state index is 0.137. The Balaban J connectivity index is 1.29. The van der Waals surface area contributed by atoms with E-state index in [1.165, 1.54) is 5.56 Å². The number of carbonyl (C=O) groups is 1. The average molecular weight is 394 g/mol. The molecule has 1 unspecified atom stereocenters.